The maximum atomic E-state index is 13.8. The first-order valence-corrected chi connectivity index (χ1v) is 12.9. The lowest BCUT2D eigenvalue weighted by atomic mass is 10.2. The first-order valence-electron chi connectivity index (χ1n) is 10.7. The van der Waals surface area contributed by atoms with E-state index in [2.05, 4.69) is 4.90 Å². The summed E-state index contributed by atoms with van der Waals surface area (Å²) in [5.74, 6) is 0.438. The van der Waals surface area contributed by atoms with Gasteiger partial charge in [0, 0.05) is 29.2 Å². The molecule has 9 heteroatoms. The maximum absolute atomic E-state index is 13.8. The number of nitriles is 1. The summed E-state index contributed by atoms with van der Waals surface area (Å²) in [6, 6.07) is 10.9. The molecule has 32 heavy (non-hydrogen) atoms. The third-order valence-electron chi connectivity index (χ3n) is 5.38. The molecule has 1 unspecified atom stereocenters. The van der Waals surface area contributed by atoms with E-state index in [4.69, 9.17) is 27.9 Å². The van der Waals surface area contributed by atoms with E-state index in [9.17, 15) is 13.7 Å². The fraction of sp³-hybridized carbons (Fsp3) is 0.435. The van der Waals surface area contributed by atoms with Crippen molar-refractivity contribution in [2.75, 3.05) is 26.2 Å². The molecule has 0 amide bonds. The molecular weight excluding hydrogens is 469 g/mol. The van der Waals surface area contributed by atoms with Crippen LogP contribution >= 0.6 is 23.2 Å². The van der Waals surface area contributed by atoms with E-state index in [1.54, 1.807) is 18.2 Å². The Morgan fingerprint density at radius 2 is 1.81 bits per heavy atom. The average molecular weight is 496 g/mol. The molecule has 0 N–H and O–H groups in total. The van der Waals surface area contributed by atoms with Crippen molar-refractivity contribution in [1.82, 2.24) is 9.21 Å². The van der Waals surface area contributed by atoms with Crippen molar-refractivity contribution < 1.29 is 13.2 Å². The Balaban J connectivity index is 2.00. The van der Waals surface area contributed by atoms with Gasteiger partial charge in [-0.05, 0) is 75.7 Å². The van der Waals surface area contributed by atoms with E-state index in [-0.39, 0.29) is 22.3 Å². The molecule has 2 aromatic carbocycles. The normalized spacial score (nSPS) is 15.6. The molecule has 3 rings (SSSR count). The Hall–Kier alpha value is -1.82. The molecule has 1 heterocycles. The molecule has 0 bridgehead atoms. The first-order chi connectivity index (χ1) is 15.2. The Bertz CT molecular complexity index is 1080. The molecule has 1 saturated heterocycles. The van der Waals surface area contributed by atoms with Crippen LogP contribution in [0, 0.1) is 11.3 Å². The van der Waals surface area contributed by atoms with Gasteiger partial charge in [0.2, 0.25) is 10.0 Å². The SMILES string of the molecule is CCCN(C(C)CN1CCCC1)S(=O)(=O)c1cc(C#N)ccc1Oc1cc(Cl)cc(Cl)c1. The number of halogens is 2. The minimum atomic E-state index is -3.94. The van der Waals surface area contributed by atoms with Gasteiger partial charge in [0.15, 0.2) is 0 Å². The van der Waals surface area contributed by atoms with Crippen LogP contribution in [-0.4, -0.2) is 49.8 Å². The highest BCUT2D eigenvalue weighted by atomic mass is 35.5. The van der Waals surface area contributed by atoms with Gasteiger partial charge in [-0.15, -0.1) is 0 Å². The zero-order valence-electron chi connectivity index (χ0n) is 18.2. The van der Waals surface area contributed by atoms with Gasteiger partial charge in [0.05, 0.1) is 11.6 Å². The van der Waals surface area contributed by atoms with Gasteiger partial charge in [0.25, 0.3) is 0 Å². The Morgan fingerprint density at radius 1 is 1.16 bits per heavy atom. The monoisotopic (exact) mass is 495 g/mol. The summed E-state index contributed by atoms with van der Waals surface area (Å²) in [5.41, 5.74) is 0.240. The van der Waals surface area contributed by atoms with Crippen LogP contribution in [0.2, 0.25) is 10.0 Å². The summed E-state index contributed by atoms with van der Waals surface area (Å²) in [6.45, 7) is 6.88. The quantitative estimate of drug-likeness (QED) is 0.456. The molecule has 0 aliphatic carbocycles. The molecule has 2 aromatic rings. The van der Waals surface area contributed by atoms with Crippen molar-refractivity contribution in [1.29, 1.82) is 5.26 Å². The van der Waals surface area contributed by atoms with E-state index in [0.717, 1.165) is 25.9 Å². The fourth-order valence-electron chi connectivity index (χ4n) is 3.93. The fourth-order valence-corrected chi connectivity index (χ4v) is 6.29. The number of likely N-dealkylation sites (tertiary alicyclic amines) is 1. The van der Waals surface area contributed by atoms with Crippen LogP contribution in [0.4, 0.5) is 0 Å². The van der Waals surface area contributed by atoms with Crippen LogP contribution in [0.3, 0.4) is 0 Å². The van der Waals surface area contributed by atoms with E-state index < -0.39 is 10.0 Å². The molecule has 0 saturated carbocycles. The average Bonchev–Trinajstić information content (AvgIpc) is 3.24. The predicted octanol–water partition coefficient (Wildman–Crippen LogP) is 5.54. The number of ether oxygens (including phenoxy) is 1. The highest BCUT2D eigenvalue weighted by Gasteiger charge is 2.33. The first kappa shape index (κ1) is 24.8. The van der Waals surface area contributed by atoms with Gasteiger partial charge in [-0.1, -0.05) is 30.1 Å². The molecule has 1 aliphatic heterocycles. The molecule has 0 spiro atoms. The highest BCUT2D eigenvalue weighted by molar-refractivity contribution is 7.89. The van der Waals surface area contributed by atoms with Crippen LogP contribution in [-0.2, 0) is 10.0 Å². The van der Waals surface area contributed by atoms with E-state index >= 15 is 0 Å². The highest BCUT2D eigenvalue weighted by Crippen LogP contribution is 2.35. The third-order valence-corrected chi connectivity index (χ3v) is 7.85. The number of nitrogens with zero attached hydrogens (tertiary/aromatic N) is 3. The van der Waals surface area contributed by atoms with Crippen molar-refractivity contribution in [3.05, 3.63) is 52.0 Å². The van der Waals surface area contributed by atoms with E-state index in [1.165, 1.54) is 22.5 Å². The Labute approximate surface area is 200 Å². The largest absolute Gasteiger partial charge is 0.456 e. The lowest BCUT2D eigenvalue weighted by Gasteiger charge is -2.31. The standard InChI is InChI=1S/C23H27Cl2N3O3S/c1-3-8-28(17(2)16-27-9-4-5-10-27)32(29,30)23-11-18(15-26)6-7-22(23)31-21-13-19(24)12-20(25)14-21/h6-7,11-14,17H,3-5,8-10,16H2,1-2H3. The zero-order chi connectivity index (χ0) is 23.3. The van der Waals surface area contributed by atoms with Crippen LogP contribution in [0.1, 0.15) is 38.7 Å². The van der Waals surface area contributed by atoms with Gasteiger partial charge in [-0.2, -0.15) is 9.57 Å². The van der Waals surface area contributed by atoms with Crippen LogP contribution in [0.15, 0.2) is 41.3 Å². The smallest absolute Gasteiger partial charge is 0.247 e. The predicted molar refractivity (Wildman–Crippen MR) is 127 cm³/mol. The van der Waals surface area contributed by atoms with Gasteiger partial charge in [-0.25, -0.2) is 8.42 Å². The van der Waals surface area contributed by atoms with Crippen molar-refractivity contribution in [3.8, 4) is 17.6 Å². The zero-order valence-corrected chi connectivity index (χ0v) is 20.6. The topological polar surface area (TPSA) is 73.6 Å². The van der Waals surface area contributed by atoms with Gasteiger partial charge in [-0.3, -0.25) is 0 Å². The van der Waals surface area contributed by atoms with Crippen molar-refractivity contribution >= 4 is 33.2 Å². The Kier molecular flexibility index (Phi) is 8.43. The molecular formula is C23H27Cl2N3O3S. The lowest BCUT2D eigenvalue weighted by Crippen LogP contribution is -2.45. The lowest BCUT2D eigenvalue weighted by molar-refractivity contribution is 0.237. The molecule has 1 fully saturated rings. The third kappa shape index (κ3) is 5.94. The number of rotatable bonds is 9. The molecule has 0 radical (unpaired) electrons. The number of hydrogen-bond acceptors (Lipinski definition) is 5. The van der Waals surface area contributed by atoms with Gasteiger partial charge >= 0.3 is 0 Å². The Morgan fingerprint density at radius 3 is 2.41 bits per heavy atom. The van der Waals surface area contributed by atoms with Gasteiger partial charge < -0.3 is 9.64 Å². The summed E-state index contributed by atoms with van der Waals surface area (Å²) >= 11 is 12.1. The second-order valence-corrected chi connectivity index (χ2v) is 10.7. The number of benzene rings is 2. The summed E-state index contributed by atoms with van der Waals surface area (Å²) in [4.78, 5) is 2.24. The molecule has 0 aromatic heterocycles. The van der Waals surface area contributed by atoms with Crippen molar-refractivity contribution in [2.24, 2.45) is 0 Å². The number of hydrogen-bond donors (Lipinski definition) is 0. The number of sulfonamides is 1. The molecule has 6 nitrogen and oxygen atoms in total. The summed E-state index contributed by atoms with van der Waals surface area (Å²) in [5, 5.41) is 10.1. The van der Waals surface area contributed by atoms with Crippen molar-refractivity contribution in [3.63, 3.8) is 0 Å². The van der Waals surface area contributed by atoms with Gasteiger partial charge in [0.1, 0.15) is 16.4 Å². The van der Waals surface area contributed by atoms with E-state index in [1.807, 2.05) is 19.9 Å². The van der Waals surface area contributed by atoms with Crippen LogP contribution in [0.5, 0.6) is 11.5 Å². The summed E-state index contributed by atoms with van der Waals surface area (Å²) < 4.78 is 35.1. The minimum absolute atomic E-state index is 0.0469. The maximum Gasteiger partial charge on any atom is 0.247 e. The molecule has 172 valence electrons. The second kappa shape index (κ2) is 10.9. The molecule has 1 atom stereocenters. The van der Waals surface area contributed by atoms with Crippen LogP contribution in [0.25, 0.3) is 0 Å². The minimum Gasteiger partial charge on any atom is -0.456 e. The molecule has 1 aliphatic rings. The van der Waals surface area contributed by atoms with E-state index in [0.29, 0.717) is 35.3 Å². The van der Waals surface area contributed by atoms with Crippen molar-refractivity contribution in [2.45, 2.75) is 44.0 Å². The summed E-state index contributed by atoms with van der Waals surface area (Å²) in [7, 11) is -3.94. The van der Waals surface area contributed by atoms with Crippen LogP contribution < -0.4 is 4.74 Å². The summed E-state index contributed by atoms with van der Waals surface area (Å²) in [6.07, 6.45) is 2.94. The second-order valence-electron chi connectivity index (χ2n) is 7.95.